The fourth-order valence-corrected chi connectivity index (χ4v) is 3.00. The molecule has 1 aliphatic heterocycles. The lowest BCUT2D eigenvalue weighted by atomic mass is 10.00. The van der Waals surface area contributed by atoms with Crippen LogP contribution in [-0.2, 0) is 4.79 Å². The van der Waals surface area contributed by atoms with Gasteiger partial charge in [0.05, 0.1) is 4.92 Å². The maximum Gasteiger partial charge on any atom is 0.273 e. The van der Waals surface area contributed by atoms with E-state index in [4.69, 9.17) is 0 Å². The summed E-state index contributed by atoms with van der Waals surface area (Å²) in [6.45, 7) is 6.81. The van der Waals surface area contributed by atoms with Gasteiger partial charge in [0.15, 0.2) is 0 Å². The molecule has 1 unspecified atom stereocenters. The standard InChI is InChI=1S/C18H25N3O4/c1-12(2)16(18(23)20-9-5-4-6-10-20)19-17(22)14-8-7-13(3)15(11-14)21(24)25/h7-8,11-12,16H,4-6,9-10H2,1-3H3,(H,19,22). The SMILES string of the molecule is Cc1ccc(C(=O)NC(C(=O)N2CCCCC2)C(C)C)cc1[N+](=O)[O-]. The summed E-state index contributed by atoms with van der Waals surface area (Å²) in [4.78, 5) is 37.6. The summed E-state index contributed by atoms with van der Waals surface area (Å²) >= 11 is 0. The molecular formula is C18H25N3O4. The third-order valence-electron chi connectivity index (χ3n) is 4.56. The highest BCUT2D eigenvalue weighted by Crippen LogP contribution is 2.20. The van der Waals surface area contributed by atoms with Gasteiger partial charge in [-0.25, -0.2) is 0 Å². The van der Waals surface area contributed by atoms with E-state index in [-0.39, 0.29) is 23.1 Å². The third-order valence-corrected chi connectivity index (χ3v) is 4.56. The number of hydrogen-bond donors (Lipinski definition) is 1. The van der Waals surface area contributed by atoms with Crippen molar-refractivity contribution in [2.75, 3.05) is 13.1 Å². The molecule has 0 spiro atoms. The van der Waals surface area contributed by atoms with Crippen molar-refractivity contribution in [3.8, 4) is 0 Å². The van der Waals surface area contributed by atoms with Crippen molar-refractivity contribution < 1.29 is 14.5 Å². The molecule has 1 N–H and O–H groups in total. The fourth-order valence-electron chi connectivity index (χ4n) is 3.00. The lowest BCUT2D eigenvalue weighted by molar-refractivity contribution is -0.385. The highest BCUT2D eigenvalue weighted by Gasteiger charge is 2.30. The molecule has 7 nitrogen and oxygen atoms in total. The van der Waals surface area contributed by atoms with Gasteiger partial charge in [-0.3, -0.25) is 19.7 Å². The average Bonchev–Trinajstić information content (AvgIpc) is 2.59. The average molecular weight is 347 g/mol. The van der Waals surface area contributed by atoms with Crippen LogP contribution in [0.5, 0.6) is 0 Å². The molecule has 0 aromatic heterocycles. The molecule has 2 rings (SSSR count). The Kier molecular flexibility index (Phi) is 6.12. The summed E-state index contributed by atoms with van der Waals surface area (Å²) < 4.78 is 0. The Morgan fingerprint density at radius 2 is 1.84 bits per heavy atom. The number of benzene rings is 1. The number of nitro benzene ring substituents is 1. The minimum absolute atomic E-state index is 0.0705. The van der Waals surface area contributed by atoms with Gasteiger partial charge < -0.3 is 10.2 Å². The zero-order chi connectivity index (χ0) is 18.6. The van der Waals surface area contributed by atoms with Crippen molar-refractivity contribution in [1.29, 1.82) is 0 Å². The van der Waals surface area contributed by atoms with E-state index in [0.717, 1.165) is 19.3 Å². The summed E-state index contributed by atoms with van der Waals surface area (Å²) in [6, 6.07) is 3.71. The normalized spacial score (nSPS) is 15.8. The van der Waals surface area contributed by atoms with E-state index in [9.17, 15) is 19.7 Å². The summed E-state index contributed by atoms with van der Waals surface area (Å²) in [5, 5.41) is 13.8. The quantitative estimate of drug-likeness (QED) is 0.654. The van der Waals surface area contributed by atoms with Crippen molar-refractivity contribution in [3.63, 3.8) is 0 Å². The van der Waals surface area contributed by atoms with E-state index in [1.807, 2.05) is 13.8 Å². The second-order valence-electron chi connectivity index (χ2n) is 6.84. The van der Waals surface area contributed by atoms with Crippen LogP contribution in [0, 0.1) is 23.0 Å². The van der Waals surface area contributed by atoms with Crippen LogP contribution in [0.4, 0.5) is 5.69 Å². The minimum Gasteiger partial charge on any atom is -0.341 e. The highest BCUT2D eigenvalue weighted by molar-refractivity contribution is 5.98. The van der Waals surface area contributed by atoms with Crippen LogP contribution in [0.2, 0.25) is 0 Å². The van der Waals surface area contributed by atoms with Crippen molar-refractivity contribution >= 4 is 17.5 Å². The number of nitro groups is 1. The minimum atomic E-state index is -0.633. The molecule has 25 heavy (non-hydrogen) atoms. The summed E-state index contributed by atoms with van der Waals surface area (Å²) in [6.07, 6.45) is 3.08. The summed E-state index contributed by atoms with van der Waals surface area (Å²) in [7, 11) is 0. The Morgan fingerprint density at radius 1 is 1.20 bits per heavy atom. The molecule has 0 radical (unpaired) electrons. The van der Waals surface area contributed by atoms with Crippen LogP contribution in [0.3, 0.4) is 0 Å². The summed E-state index contributed by atoms with van der Waals surface area (Å²) in [5.41, 5.74) is 0.580. The van der Waals surface area contributed by atoms with E-state index >= 15 is 0 Å². The number of likely N-dealkylation sites (tertiary alicyclic amines) is 1. The Morgan fingerprint density at radius 3 is 2.40 bits per heavy atom. The van der Waals surface area contributed by atoms with Gasteiger partial charge in [0, 0.05) is 30.3 Å². The molecule has 1 aromatic carbocycles. The molecule has 0 aliphatic carbocycles. The van der Waals surface area contributed by atoms with Gasteiger partial charge in [-0.05, 0) is 38.2 Å². The molecule has 1 aliphatic rings. The largest absolute Gasteiger partial charge is 0.341 e. The Balaban J connectivity index is 2.16. The molecule has 0 bridgehead atoms. The Hall–Kier alpha value is -2.44. The van der Waals surface area contributed by atoms with Gasteiger partial charge in [-0.2, -0.15) is 0 Å². The topological polar surface area (TPSA) is 92.6 Å². The number of piperidine rings is 1. The maximum absolute atomic E-state index is 12.7. The summed E-state index contributed by atoms with van der Waals surface area (Å²) in [5.74, 6) is -0.615. The molecule has 1 heterocycles. The lowest BCUT2D eigenvalue weighted by Gasteiger charge is -2.32. The Labute approximate surface area is 147 Å². The zero-order valence-electron chi connectivity index (χ0n) is 14.9. The molecule has 1 aromatic rings. The number of carbonyl (C=O) groups excluding carboxylic acids is 2. The number of nitrogens with zero attached hydrogens (tertiary/aromatic N) is 2. The lowest BCUT2D eigenvalue weighted by Crippen LogP contribution is -2.52. The first kappa shape index (κ1) is 18.9. The molecule has 7 heteroatoms. The maximum atomic E-state index is 12.7. The number of nitrogens with one attached hydrogen (secondary N) is 1. The fraction of sp³-hybridized carbons (Fsp3) is 0.556. The molecule has 2 amide bonds. The Bertz CT molecular complexity index is 666. The molecule has 1 saturated heterocycles. The second kappa shape index (κ2) is 8.09. The van der Waals surface area contributed by atoms with E-state index in [1.54, 1.807) is 24.0 Å². The smallest absolute Gasteiger partial charge is 0.273 e. The first-order valence-electron chi connectivity index (χ1n) is 8.66. The molecule has 1 atom stereocenters. The number of carbonyl (C=O) groups is 2. The van der Waals surface area contributed by atoms with Crippen molar-refractivity contribution in [2.45, 2.75) is 46.1 Å². The van der Waals surface area contributed by atoms with Gasteiger partial charge in [0.2, 0.25) is 5.91 Å². The van der Waals surface area contributed by atoms with Crippen LogP contribution >= 0.6 is 0 Å². The van der Waals surface area contributed by atoms with E-state index in [0.29, 0.717) is 18.7 Å². The highest BCUT2D eigenvalue weighted by atomic mass is 16.6. The molecular weight excluding hydrogens is 322 g/mol. The van der Waals surface area contributed by atoms with Gasteiger partial charge in [-0.1, -0.05) is 19.9 Å². The van der Waals surface area contributed by atoms with Crippen LogP contribution < -0.4 is 5.32 Å². The number of rotatable bonds is 5. The van der Waals surface area contributed by atoms with E-state index in [1.165, 1.54) is 6.07 Å². The van der Waals surface area contributed by atoms with Gasteiger partial charge in [0.25, 0.3) is 11.6 Å². The molecule has 136 valence electrons. The van der Waals surface area contributed by atoms with Gasteiger partial charge >= 0.3 is 0 Å². The van der Waals surface area contributed by atoms with E-state index < -0.39 is 16.9 Å². The van der Waals surface area contributed by atoms with Gasteiger partial charge in [-0.15, -0.1) is 0 Å². The van der Waals surface area contributed by atoms with Crippen LogP contribution in [0.1, 0.15) is 49.0 Å². The monoisotopic (exact) mass is 347 g/mol. The van der Waals surface area contributed by atoms with E-state index in [2.05, 4.69) is 5.32 Å². The zero-order valence-corrected chi connectivity index (χ0v) is 14.9. The predicted molar refractivity (Wildman–Crippen MR) is 94.4 cm³/mol. The predicted octanol–water partition coefficient (Wildman–Crippen LogP) is 2.67. The second-order valence-corrected chi connectivity index (χ2v) is 6.84. The number of hydrogen-bond acceptors (Lipinski definition) is 4. The van der Waals surface area contributed by atoms with Crippen molar-refractivity contribution in [1.82, 2.24) is 10.2 Å². The van der Waals surface area contributed by atoms with Crippen molar-refractivity contribution in [3.05, 3.63) is 39.4 Å². The van der Waals surface area contributed by atoms with Crippen LogP contribution in [0.15, 0.2) is 18.2 Å². The van der Waals surface area contributed by atoms with Crippen LogP contribution in [-0.4, -0.2) is 40.8 Å². The third kappa shape index (κ3) is 4.55. The molecule has 1 fully saturated rings. The molecule has 0 saturated carbocycles. The van der Waals surface area contributed by atoms with Crippen LogP contribution in [0.25, 0.3) is 0 Å². The first-order chi connectivity index (χ1) is 11.8. The number of amides is 2. The van der Waals surface area contributed by atoms with Gasteiger partial charge in [0.1, 0.15) is 6.04 Å². The number of aryl methyl sites for hydroxylation is 1. The first-order valence-corrected chi connectivity index (χ1v) is 8.66. The van der Waals surface area contributed by atoms with Crippen molar-refractivity contribution in [2.24, 2.45) is 5.92 Å².